The lowest BCUT2D eigenvalue weighted by Gasteiger charge is -2.34. The molecule has 0 saturated carbocycles. The van der Waals surface area contributed by atoms with Crippen LogP contribution >= 0.6 is 0 Å². The highest BCUT2D eigenvalue weighted by Gasteiger charge is 2.47. The van der Waals surface area contributed by atoms with Crippen molar-refractivity contribution in [1.82, 2.24) is 0 Å². The summed E-state index contributed by atoms with van der Waals surface area (Å²) in [6, 6.07) is 56.7. The number of hydrogen-bond acceptors (Lipinski definition) is 1. The molecule has 10 aromatic carbocycles. The zero-order valence-electron chi connectivity index (χ0n) is 34.0. The molecule has 0 radical (unpaired) electrons. The van der Waals surface area contributed by atoms with E-state index in [9.17, 15) is 0 Å². The summed E-state index contributed by atoms with van der Waals surface area (Å²) in [5.74, 6) is 0. The Kier molecular flexibility index (Phi) is 5.12. The standard InChI is InChI=1S/C53H32O/c1-4-14-33(15-5-1)38-28-34-24-26-36-30-39(31-37-27-25-35(29-38)48(34)49(36)37)44-32-46-51(52-50(44)43-21-11-13-23-47(43)54-52)42-20-10-12-22-45(42)53(46,40-16-6-2-7-17-40)41-18-8-3-9-19-41/h1-32H/i1D,4D,5D,14D,15D. The molecule has 1 aliphatic rings. The third-order valence-electron chi connectivity index (χ3n) is 11.7. The highest BCUT2D eigenvalue weighted by Crippen LogP contribution is 2.60. The van der Waals surface area contributed by atoms with Crippen LogP contribution in [0.2, 0.25) is 0 Å². The smallest absolute Gasteiger partial charge is 0.144 e. The van der Waals surface area contributed by atoms with Crippen molar-refractivity contribution < 1.29 is 11.3 Å². The summed E-state index contributed by atoms with van der Waals surface area (Å²) in [5.41, 5.74) is 11.2. The van der Waals surface area contributed by atoms with Crippen LogP contribution in [0.15, 0.2) is 198 Å². The maximum Gasteiger partial charge on any atom is 0.144 e. The van der Waals surface area contributed by atoms with E-state index in [4.69, 9.17) is 11.3 Å². The average Bonchev–Trinajstić information content (AvgIpc) is 3.81. The lowest BCUT2D eigenvalue weighted by molar-refractivity contribution is 0.669. The van der Waals surface area contributed by atoms with Gasteiger partial charge in [-0.25, -0.2) is 0 Å². The van der Waals surface area contributed by atoms with Crippen LogP contribution in [0, 0.1) is 0 Å². The molecule has 0 spiro atoms. The quantitative estimate of drug-likeness (QED) is 0.168. The van der Waals surface area contributed by atoms with Crippen LogP contribution in [0.4, 0.5) is 0 Å². The molecule has 0 saturated heterocycles. The minimum absolute atomic E-state index is 0.201. The second-order valence-electron chi connectivity index (χ2n) is 14.4. The van der Waals surface area contributed by atoms with E-state index in [1.54, 1.807) is 0 Å². The molecule has 1 nitrogen and oxygen atoms in total. The van der Waals surface area contributed by atoms with Crippen molar-refractivity contribution in [2.75, 3.05) is 0 Å². The second-order valence-corrected chi connectivity index (χ2v) is 14.4. The van der Waals surface area contributed by atoms with Crippen molar-refractivity contribution in [1.29, 1.82) is 0 Å². The third-order valence-corrected chi connectivity index (χ3v) is 11.7. The topological polar surface area (TPSA) is 13.1 Å². The van der Waals surface area contributed by atoms with E-state index < -0.39 is 11.5 Å². The van der Waals surface area contributed by atoms with Crippen LogP contribution in [-0.4, -0.2) is 0 Å². The Hall–Kier alpha value is -6.96. The second kappa shape index (κ2) is 11.0. The summed E-state index contributed by atoms with van der Waals surface area (Å²) < 4.78 is 49.0. The number of rotatable bonds is 4. The van der Waals surface area contributed by atoms with Crippen LogP contribution in [-0.2, 0) is 5.41 Å². The van der Waals surface area contributed by atoms with E-state index in [1.165, 1.54) is 27.8 Å². The van der Waals surface area contributed by atoms with Crippen LogP contribution < -0.4 is 0 Å². The molecule has 0 aliphatic heterocycles. The maximum absolute atomic E-state index is 8.66. The van der Waals surface area contributed by atoms with Gasteiger partial charge in [0.05, 0.1) is 12.3 Å². The minimum atomic E-state index is -0.607. The highest BCUT2D eigenvalue weighted by molar-refractivity contribution is 6.26. The Bertz CT molecular complexity index is 3420. The summed E-state index contributed by atoms with van der Waals surface area (Å²) in [6.07, 6.45) is 0. The molecular formula is C53H32O. The van der Waals surface area contributed by atoms with E-state index in [0.717, 1.165) is 70.9 Å². The van der Waals surface area contributed by atoms with E-state index in [0.29, 0.717) is 5.56 Å². The first-order valence-corrected chi connectivity index (χ1v) is 18.3. The van der Waals surface area contributed by atoms with Gasteiger partial charge >= 0.3 is 0 Å². The Morgan fingerprint density at radius 3 is 1.63 bits per heavy atom. The van der Waals surface area contributed by atoms with E-state index in [2.05, 4.69) is 146 Å². The lowest BCUT2D eigenvalue weighted by Crippen LogP contribution is -2.28. The van der Waals surface area contributed by atoms with Crippen LogP contribution in [0.5, 0.6) is 0 Å². The van der Waals surface area contributed by atoms with Crippen molar-refractivity contribution in [2.24, 2.45) is 0 Å². The fourth-order valence-corrected chi connectivity index (χ4v) is 9.56. The van der Waals surface area contributed by atoms with Gasteiger partial charge in [0.1, 0.15) is 11.2 Å². The SMILES string of the molecule is [2H]c1c([2H])c([2H])c(-c2cc3ccc4cc(-c5cc6c(c7oc8ccccc8c57)-c5ccccc5C6(c5ccccc5)c5ccccc5)cc5ccc(c2)c3c45)c([2H])c1[2H]. The van der Waals surface area contributed by atoms with Crippen molar-refractivity contribution in [2.45, 2.75) is 5.41 Å². The molecule has 0 atom stereocenters. The van der Waals surface area contributed by atoms with Crippen molar-refractivity contribution in [3.63, 3.8) is 0 Å². The zero-order valence-corrected chi connectivity index (χ0v) is 29.0. The van der Waals surface area contributed by atoms with Gasteiger partial charge in [-0.05, 0) is 119 Å². The van der Waals surface area contributed by atoms with Gasteiger partial charge in [0, 0.05) is 16.3 Å². The maximum atomic E-state index is 8.66. The predicted octanol–water partition coefficient (Wildman–Crippen LogP) is 14.2. The van der Waals surface area contributed by atoms with Crippen molar-refractivity contribution in [3.8, 4) is 33.4 Å². The Labute approximate surface area is 319 Å². The fraction of sp³-hybridized carbons (Fsp3) is 0.0189. The van der Waals surface area contributed by atoms with Crippen LogP contribution in [0.1, 0.15) is 29.1 Å². The third kappa shape index (κ3) is 3.93. The van der Waals surface area contributed by atoms with Crippen LogP contribution in [0.3, 0.4) is 0 Å². The zero-order chi connectivity index (χ0) is 39.7. The molecule has 1 heteroatoms. The van der Waals surface area contributed by atoms with Gasteiger partial charge in [0.15, 0.2) is 0 Å². The molecule has 0 bridgehead atoms. The summed E-state index contributed by atoms with van der Waals surface area (Å²) in [7, 11) is 0. The van der Waals surface area contributed by atoms with E-state index >= 15 is 0 Å². The van der Waals surface area contributed by atoms with Gasteiger partial charge in [-0.2, -0.15) is 0 Å². The minimum Gasteiger partial charge on any atom is -0.455 e. The first-order chi connectivity index (χ1) is 28.8. The van der Waals surface area contributed by atoms with Gasteiger partial charge < -0.3 is 4.42 Å². The van der Waals surface area contributed by atoms with Crippen molar-refractivity contribution in [3.05, 3.63) is 216 Å². The molecule has 54 heavy (non-hydrogen) atoms. The molecule has 0 unspecified atom stereocenters. The van der Waals surface area contributed by atoms with E-state index in [-0.39, 0.29) is 29.7 Å². The molecule has 1 heterocycles. The van der Waals surface area contributed by atoms with E-state index in [1.807, 2.05) is 18.2 Å². The Morgan fingerprint density at radius 1 is 0.426 bits per heavy atom. The summed E-state index contributed by atoms with van der Waals surface area (Å²) in [5, 5.41) is 8.44. The highest BCUT2D eigenvalue weighted by atomic mass is 16.3. The first-order valence-electron chi connectivity index (χ1n) is 20.8. The van der Waals surface area contributed by atoms with Gasteiger partial charge in [-0.3, -0.25) is 0 Å². The fourth-order valence-electron chi connectivity index (χ4n) is 9.56. The molecule has 0 amide bonds. The molecule has 1 aliphatic carbocycles. The molecule has 250 valence electrons. The van der Waals surface area contributed by atoms with Crippen molar-refractivity contribution >= 4 is 54.3 Å². The first kappa shape index (κ1) is 25.1. The van der Waals surface area contributed by atoms with Crippen LogP contribution in [0.25, 0.3) is 87.6 Å². The number of hydrogen-bond donors (Lipinski definition) is 0. The molecule has 0 N–H and O–H groups in total. The average molecular weight is 690 g/mol. The molecular weight excluding hydrogens is 653 g/mol. The Morgan fingerprint density at radius 2 is 0.981 bits per heavy atom. The normalized spacial score (nSPS) is 14.6. The number of para-hydroxylation sites is 1. The molecule has 1 aromatic heterocycles. The molecule has 0 fully saturated rings. The largest absolute Gasteiger partial charge is 0.455 e. The van der Waals surface area contributed by atoms with Gasteiger partial charge in [0.2, 0.25) is 0 Å². The lowest BCUT2D eigenvalue weighted by atomic mass is 9.67. The summed E-state index contributed by atoms with van der Waals surface area (Å²) >= 11 is 0. The monoisotopic (exact) mass is 689 g/mol. The number of benzene rings is 10. The van der Waals surface area contributed by atoms with Gasteiger partial charge in [0.25, 0.3) is 0 Å². The molecule has 11 aromatic rings. The molecule has 12 rings (SSSR count). The number of furan rings is 1. The summed E-state index contributed by atoms with van der Waals surface area (Å²) in [4.78, 5) is 0. The predicted molar refractivity (Wildman–Crippen MR) is 226 cm³/mol. The summed E-state index contributed by atoms with van der Waals surface area (Å²) in [6.45, 7) is 0. The number of fused-ring (bicyclic) bond motifs is 7. The van der Waals surface area contributed by atoms with Gasteiger partial charge in [-0.1, -0.05) is 158 Å². The van der Waals surface area contributed by atoms with Gasteiger partial charge in [-0.15, -0.1) is 0 Å². The Balaban J connectivity index is 1.16.